The molecule has 2 atom stereocenters. The third-order valence-electron chi connectivity index (χ3n) is 4.84. The molecule has 134 valence electrons. The van der Waals surface area contributed by atoms with Crippen LogP contribution in [0.3, 0.4) is 0 Å². The topological polar surface area (TPSA) is 73.4 Å². The molecule has 1 aliphatic heterocycles. The van der Waals surface area contributed by atoms with Crippen molar-refractivity contribution in [1.29, 1.82) is 0 Å². The Bertz CT molecular complexity index is 715. The van der Waals surface area contributed by atoms with E-state index in [0.29, 0.717) is 32.5 Å². The molecule has 6 heteroatoms. The zero-order chi connectivity index (χ0) is 17.9. The number of nitrogens with zero attached hydrogens (tertiary/aromatic N) is 3. The molecule has 1 amide bonds. The van der Waals surface area contributed by atoms with E-state index >= 15 is 0 Å². The molecule has 2 N–H and O–H groups in total. The van der Waals surface area contributed by atoms with Gasteiger partial charge in [0.05, 0.1) is 19.3 Å². The molecule has 25 heavy (non-hydrogen) atoms. The number of ether oxygens (including phenoxy) is 1. The average Bonchev–Trinajstić information content (AvgIpc) is 3.07. The molecule has 1 aromatic carbocycles. The van der Waals surface area contributed by atoms with Gasteiger partial charge in [0.25, 0.3) is 0 Å². The van der Waals surface area contributed by atoms with E-state index in [4.69, 9.17) is 10.5 Å². The number of aromatic nitrogens is 2. The van der Waals surface area contributed by atoms with Gasteiger partial charge in [0.15, 0.2) is 0 Å². The highest BCUT2D eigenvalue weighted by molar-refractivity contribution is 5.76. The highest BCUT2D eigenvalue weighted by Crippen LogP contribution is 2.29. The number of carbonyl (C=O) groups is 1. The van der Waals surface area contributed by atoms with Gasteiger partial charge < -0.3 is 15.4 Å². The van der Waals surface area contributed by atoms with Gasteiger partial charge in [-0.2, -0.15) is 5.10 Å². The second-order valence-corrected chi connectivity index (χ2v) is 6.85. The van der Waals surface area contributed by atoms with Gasteiger partial charge in [-0.05, 0) is 18.9 Å². The summed E-state index contributed by atoms with van der Waals surface area (Å²) < 4.78 is 7.72. The maximum absolute atomic E-state index is 12.7. The highest BCUT2D eigenvalue weighted by Gasteiger charge is 2.36. The molecule has 0 bridgehead atoms. The summed E-state index contributed by atoms with van der Waals surface area (Å²) in [5, 5.41) is 4.22. The summed E-state index contributed by atoms with van der Waals surface area (Å²) in [4.78, 5) is 14.5. The number of hydrogen-bond donors (Lipinski definition) is 1. The number of rotatable bonds is 5. The van der Waals surface area contributed by atoms with Crippen molar-refractivity contribution in [3.8, 4) is 0 Å². The zero-order valence-electron chi connectivity index (χ0n) is 14.9. The lowest BCUT2D eigenvalue weighted by molar-refractivity contribution is -0.149. The molecule has 1 aromatic heterocycles. The second kappa shape index (κ2) is 7.37. The Balaban J connectivity index is 1.58. The van der Waals surface area contributed by atoms with E-state index in [-0.39, 0.29) is 11.9 Å². The average molecular weight is 342 g/mol. The Labute approximate surface area is 148 Å². The molecule has 1 saturated heterocycles. The molecule has 6 nitrogen and oxygen atoms in total. The van der Waals surface area contributed by atoms with Crippen molar-refractivity contribution >= 4 is 5.91 Å². The molecule has 0 spiro atoms. The first-order valence-electron chi connectivity index (χ1n) is 8.69. The lowest BCUT2D eigenvalue weighted by atomic mass is 9.96. The molecule has 0 aliphatic carbocycles. The van der Waals surface area contributed by atoms with Gasteiger partial charge in [-0.25, -0.2) is 0 Å². The van der Waals surface area contributed by atoms with Crippen LogP contribution in [0.4, 0.5) is 0 Å². The summed E-state index contributed by atoms with van der Waals surface area (Å²) in [6.07, 6.45) is 4.83. The SMILES string of the molecule is Cn1cc([C@]2(C)CN(C(=O)CC[C@@H](N)c3ccccc3)CCO2)cn1. The third-order valence-corrected chi connectivity index (χ3v) is 4.84. The minimum Gasteiger partial charge on any atom is -0.367 e. The molecule has 0 saturated carbocycles. The van der Waals surface area contributed by atoms with Crippen LogP contribution in [0.25, 0.3) is 0 Å². The van der Waals surface area contributed by atoms with Crippen molar-refractivity contribution in [2.45, 2.75) is 31.4 Å². The van der Waals surface area contributed by atoms with Gasteiger partial charge in [0, 0.05) is 37.8 Å². The fourth-order valence-electron chi connectivity index (χ4n) is 3.26. The van der Waals surface area contributed by atoms with Gasteiger partial charge in [-0.1, -0.05) is 30.3 Å². The van der Waals surface area contributed by atoms with Crippen LogP contribution < -0.4 is 5.73 Å². The van der Waals surface area contributed by atoms with Gasteiger partial charge in [-0.3, -0.25) is 9.48 Å². The highest BCUT2D eigenvalue weighted by atomic mass is 16.5. The molecule has 2 heterocycles. The van der Waals surface area contributed by atoms with E-state index in [1.54, 1.807) is 10.9 Å². The summed E-state index contributed by atoms with van der Waals surface area (Å²) in [7, 11) is 1.88. The molecular weight excluding hydrogens is 316 g/mol. The Hall–Kier alpha value is -2.18. The maximum Gasteiger partial charge on any atom is 0.222 e. The van der Waals surface area contributed by atoms with E-state index in [1.807, 2.05) is 55.4 Å². The van der Waals surface area contributed by atoms with Gasteiger partial charge in [0.1, 0.15) is 5.60 Å². The van der Waals surface area contributed by atoms with Crippen LogP contribution in [0.2, 0.25) is 0 Å². The lowest BCUT2D eigenvalue weighted by Gasteiger charge is -2.40. The molecule has 3 rings (SSSR count). The quantitative estimate of drug-likeness (QED) is 0.902. The largest absolute Gasteiger partial charge is 0.367 e. The number of aryl methyl sites for hydroxylation is 1. The van der Waals surface area contributed by atoms with Crippen LogP contribution in [0.15, 0.2) is 42.7 Å². The first-order chi connectivity index (χ1) is 12.0. The molecular formula is C19H26N4O2. The molecule has 0 unspecified atom stereocenters. The number of benzene rings is 1. The summed E-state index contributed by atoms with van der Waals surface area (Å²) in [6.45, 7) is 3.70. The predicted octanol–water partition coefficient (Wildman–Crippen LogP) is 1.97. The lowest BCUT2D eigenvalue weighted by Crippen LogP contribution is -2.50. The first kappa shape index (κ1) is 17.6. The van der Waals surface area contributed by atoms with E-state index in [2.05, 4.69) is 5.10 Å². The van der Waals surface area contributed by atoms with E-state index in [1.165, 1.54) is 0 Å². The molecule has 1 fully saturated rings. The minimum atomic E-state index is -0.510. The standard InChI is InChI=1S/C19H26N4O2/c1-19(16-12-21-22(2)13-16)14-23(10-11-25-19)18(24)9-8-17(20)15-6-4-3-5-7-15/h3-7,12-13,17H,8-11,14,20H2,1-2H3/t17-,19+/m1/s1. The third kappa shape index (κ3) is 4.08. The Morgan fingerprint density at radius 1 is 1.40 bits per heavy atom. The monoisotopic (exact) mass is 342 g/mol. The Kier molecular flexibility index (Phi) is 5.20. The maximum atomic E-state index is 12.7. The van der Waals surface area contributed by atoms with Crippen LogP contribution in [0.1, 0.15) is 36.9 Å². The van der Waals surface area contributed by atoms with Crippen molar-refractivity contribution in [1.82, 2.24) is 14.7 Å². The number of carbonyl (C=O) groups excluding carboxylic acids is 1. The zero-order valence-corrected chi connectivity index (χ0v) is 14.9. The predicted molar refractivity (Wildman–Crippen MR) is 95.7 cm³/mol. The number of amides is 1. The van der Waals surface area contributed by atoms with Crippen LogP contribution >= 0.6 is 0 Å². The number of morpholine rings is 1. The van der Waals surface area contributed by atoms with E-state index in [0.717, 1.165) is 11.1 Å². The van der Waals surface area contributed by atoms with Crippen molar-refractivity contribution in [2.24, 2.45) is 12.8 Å². The van der Waals surface area contributed by atoms with Crippen LogP contribution in [-0.2, 0) is 22.2 Å². The summed E-state index contributed by atoms with van der Waals surface area (Å²) >= 11 is 0. The second-order valence-electron chi connectivity index (χ2n) is 6.85. The summed E-state index contributed by atoms with van der Waals surface area (Å²) in [5.74, 6) is 0.129. The number of hydrogen-bond acceptors (Lipinski definition) is 4. The van der Waals surface area contributed by atoms with Crippen LogP contribution in [0, 0.1) is 0 Å². The van der Waals surface area contributed by atoms with Crippen molar-refractivity contribution in [3.05, 3.63) is 53.9 Å². The van der Waals surface area contributed by atoms with Gasteiger partial charge in [-0.15, -0.1) is 0 Å². The smallest absolute Gasteiger partial charge is 0.222 e. The van der Waals surface area contributed by atoms with Crippen LogP contribution in [0.5, 0.6) is 0 Å². The molecule has 0 radical (unpaired) electrons. The summed E-state index contributed by atoms with van der Waals surface area (Å²) in [5.41, 5.74) is 7.76. The van der Waals surface area contributed by atoms with Crippen molar-refractivity contribution in [2.75, 3.05) is 19.7 Å². The Morgan fingerprint density at radius 2 is 2.16 bits per heavy atom. The van der Waals surface area contributed by atoms with Gasteiger partial charge >= 0.3 is 0 Å². The molecule has 1 aliphatic rings. The first-order valence-corrected chi connectivity index (χ1v) is 8.69. The van der Waals surface area contributed by atoms with Crippen molar-refractivity contribution < 1.29 is 9.53 Å². The fraction of sp³-hybridized carbons (Fsp3) is 0.474. The normalized spacial score (nSPS) is 22.0. The molecule has 2 aromatic rings. The van der Waals surface area contributed by atoms with E-state index in [9.17, 15) is 4.79 Å². The minimum absolute atomic E-state index is 0.115. The van der Waals surface area contributed by atoms with Crippen molar-refractivity contribution in [3.63, 3.8) is 0 Å². The Morgan fingerprint density at radius 3 is 2.84 bits per heavy atom. The fourth-order valence-corrected chi connectivity index (χ4v) is 3.26. The van der Waals surface area contributed by atoms with E-state index < -0.39 is 5.60 Å². The number of nitrogens with two attached hydrogens (primary N) is 1. The van der Waals surface area contributed by atoms with Gasteiger partial charge in [0.2, 0.25) is 5.91 Å². The summed E-state index contributed by atoms with van der Waals surface area (Å²) in [6, 6.07) is 9.80. The van der Waals surface area contributed by atoms with Crippen LogP contribution in [-0.4, -0.2) is 40.3 Å².